The van der Waals surface area contributed by atoms with Gasteiger partial charge in [-0.25, -0.2) is 0 Å². The molecule has 0 N–H and O–H groups in total. The average Bonchev–Trinajstić information content (AvgIpc) is 3.76. The second-order valence-corrected chi connectivity index (χ2v) is 17.5. The molecule has 0 aliphatic rings. The number of hydrogen-bond acceptors (Lipinski definition) is 4. The number of anilines is 6. The van der Waals surface area contributed by atoms with Crippen LogP contribution in [-0.2, 0) is 10.8 Å². The maximum absolute atomic E-state index is 6.65. The first-order valence-electron chi connectivity index (χ1n) is 20.2. The van der Waals surface area contributed by atoms with E-state index in [2.05, 4.69) is 221 Å². The first-order valence-corrected chi connectivity index (χ1v) is 20.2. The monoisotopic (exact) mass is 754 g/mol. The van der Waals surface area contributed by atoms with Crippen molar-refractivity contribution in [3.8, 4) is 0 Å². The molecule has 0 aliphatic heterocycles. The van der Waals surface area contributed by atoms with Crippen molar-refractivity contribution in [3.05, 3.63) is 181 Å². The fraction of sp³-hybridized carbons (Fsp3) is 0.148. The van der Waals surface area contributed by atoms with E-state index in [0.29, 0.717) is 0 Å². The van der Waals surface area contributed by atoms with E-state index in [0.717, 1.165) is 88.8 Å². The molecule has 2 heterocycles. The zero-order valence-corrected chi connectivity index (χ0v) is 33.9. The van der Waals surface area contributed by atoms with Crippen molar-refractivity contribution in [2.75, 3.05) is 9.80 Å². The Hall–Kier alpha value is -6.78. The normalized spacial score (nSPS) is 12.3. The van der Waals surface area contributed by atoms with Gasteiger partial charge in [-0.3, -0.25) is 0 Å². The van der Waals surface area contributed by atoms with Gasteiger partial charge in [0.1, 0.15) is 22.3 Å². The third-order valence-electron chi connectivity index (χ3n) is 11.5. The van der Waals surface area contributed by atoms with Crippen molar-refractivity contribution in [2.24, 2.45) is 0 Å². The summed E-state index contributed by atoms with van der Waals surface area (Å²) in [6.07, 6.45) is 0. The van der Waals surface area contributed by atoms with E-state index >= 15 is 0 Å². The largest absolute Gasteiger partial charge is 0.456 e. The van der Waals surface area contributed by atoms with Crippen LogP contribution in [-0.4, -0.2) is 0 Å². The molecule has 0 fully saturated rings. The van der Waals surface area contributed by atoms with Crippen molar-refractivity contribution in [1.29, 1.82) is 0 Å². The van der Waals surface area contributed by atoms with Crippen LogP contribution in [0.3, 0.4) is 0 Å². The summed E-state index contributed by atoms with van der Waals surface area (Å²) in [6.45, 7) is 13.5. The molecule has 0 aliphatic carbocycles. The van der Waals surface area contributed by atoms with E-state index in [4.69, 9.17) is 8.83 Å². The summed E-state index contributed by atoms with van der Waals surface area (Å²) >= 11 is 0. The molecule has 4 nitrogen and oxygen atoms in total. The minimum atomic E-state index is 0.0796. The lowest BCUT2D eigenvalue weighted by Crippen LogP contribution is -2.13. The lowest BCUT2D eigenvalue weighted by atomic mass is 9.87. The molecule has 0 amide bonds. The second kappa shape index (κ2) is 13.4. The van der Waals surface area contributed by atoms with Crippen LogP contribution in [0.15, 0.2) is 179 Å². The summed E-state index contributed by atoms with van der Waals surface area (Å²) in [6, 6.07) is 60.8. The summed E-state index contributed by atoms with van der Waals surface area (Å²) in [5.41, 5.74) is 12.7. The number of para-hydroxylation sites is 2. The molecule has 284 valence electrons. The van der Waals surface area contributed by atoms with E-state index in [1.807, 2.05) is 0 Å². The van der Waals surface area contributed by atoms with Gasteiger partial charge in [-0.1, -0.05) is 102 Å². The Morgan fingerprint density at radius 1 is 0.310 bits per heavy atom. The molecule has 4 heteroatoms. The highest BCUT2D eigenvalue weighted by Gasteiger charge is 2.21. The topological polar surface area (TPSA) is 32.8 Å². The van der Waals surface area contributed by atoms with Crippen molar-refractivity contribution < 1.29 is 8.83 Å². The van der Waals surface area contributed by atoms with E-state index < -0.39 is 0 Å². The van der Waals surface area contributed by atoms with Crippen LogP contribution >= 0.6 is 0 Å². The Morgan fingerprint density at radius 3 is 1.02 bits per heavy atom. The number of benzene rings is 8. The zero-order chi connectivity index (χ0) is 39.8. The molecule has 0 bridgehead atoms. The van der Waals surface area contributed by atoms with Gasteiger partial charge >= 0.3 is 0 Å². The van der Waals surface area contributed by atoms with Crippen LogP contribution in [0, 0.1) is 0 Å². The van der Waals surface area contributed by atoms with Gasteiger partial charge in [0.15, 0.2) is 0 Å². The van der Waals surface area contributed by atoms with Crippen LogP contribution in [0.2, 0.25) is 0 Å². The number of hydrogen-bond donors (Lipinski definition) is 0. The molecule has 10 aromatic rings. The summed E-state index contributed by atoms with van der Waals surface area (Å²) in [7, 11) is 0. The highest BCUT2D eigenvalue weighted by Crippen LogP contribution is 2.43. The molecule has 0 saturated carbocycles. The summed E-state index contributed by atoms with van der Waals surface area (Å²) in [5, 5.41) is 6.60. The lowest BCUT2D eigenvalue weighted by molar-refractivity contribution is 0.590. The third kappa shape index (κ3) is 6.26. The van der Waals surface area contributed by atoms with Crippen LogP contribution in [0.5, 0.6) is 0 Å². The molecule has 0 spiro atoms. The number of furan rings is 2. The van der Waals surface area contributed by atoms with Gasteiger partial charge in [0.05, 0.1) is 0 Å². The van der Waals surface area contributed by atoms with Crippen molar-refractivity contribution in [1.82, 2.24) is 0 Å². The SMILES string of the molecule is CC(C)(C)c1ccc(N(c2ccccc2)c2ccc3c(c2)oc2cc4cc5oc6cc(N(c7ccccc7)c7ccc(C(C)(C)C)cc7)ccc6c5cc4cc23)cc1. The van der Waals surface area contributed by atoms with Crippen LogP contribution < -0.4 is 9.80 Å². The van der Waals surface area contributed by atoms with Crippen molar-refractivity contribution >= 4 is 88.8 Å². The van der Waals surface area contributed by atoms with Gasteiger partial charge in [-0.15, -0.1) is 0 Å². The van der Waals surface area contributed by atoms with E-state index in [9.17, 15) is 0 Å². The van der Waals surface area contributed by atoms with Crippen LogP contribution in [0.4, 0.5) is 34.1 Å². The van der Waals surface area contributed by atoms with Crippen LogP contribution in [0.25, 0.3) is 54.6 Å². The molecular weight excluding hydrogens is 709 g/mol. The van der Waals surface area contributed by atoms with E-state index in [-0.39, 0.29) is 10.8 Å². The smallest absolute Gasteiger partial charge is 0.137 e. The molecule has 10 rings (SSSR count). The Labute approximate surface area is 339 Å². The third-order valence-corrected chi connectivity index (χ3v) is 11.5. The highest BCUT2D eigenvalue weighted by molar-refractivity contribution is 6.15. The van der Waals surface area contributed by atoms with Gasteiger partial charge in [0.2, 0.25) is 0 Å². The maximum Gasteiger partial charge on any atom is 0.137 e. The van der Waals surface area contributed by atoms with Gasteiger partial charge in [0.25, 0.3) is 0 Å². The van der Waals surface area contributed by atoms with E-state index in [1.54, 1.807) is 0 Å². The Balaban J connectivity index is 1.04. The quantitative estimate of drug-likeness (QED) is 0.169. The summed E-state index contributed by atoms with van der Waals surface area (Å²) in [5.74, 6) is 0. The minimum absolute atomic E-state index is 0.0796. The molecule has 0 radical (unpaired) electrons. The molecule has 8 aromatic carbocycles. The van der Waals surface area contributed by atoms with Gasteiger partial charge in [-0.05, 0) is 130 Å². The predicted molar refractivity (Wildman–Crippen MR) is 245 cm³/mol. The fourth-order valence-electron chi connectivity index (χ4n) is 8.32. The van der Waals surface area contributed by atoms with E-state index in [1.165, 1.54) is 11.1 Å². The number of rotatable bonds is 6. The summed E-state index contributed by atoms with van der Waals surface area (Å²) < 4.78 is 13.3. The predicted octanol–water partition coefficient (Wildman–Crippen LogP) is 16.2. The Morgan fingerprint density at radius 2 is 0.638 bits per heavy atom. The van der Waals surface area contributed by atoms with Crippen molar-refractivity contribution in [2.45, 2.75) is 52.4 Å². The van der Waals surface area contributed by atoms with Gasteiger partial charge < -0.3 is 18.6 Å². The maximum atomic E-state index is 6.65. The highest BCUT2D eigenvalue weighted by atomic mass is 16.3. The second-order valence-electron chi connectivity index (χ2n) is 17.5. The Kier molecular flexibility index (Phi) is 8.24. The van der Waals surface area contributed by atoms with Crippen molar-refractivity contribution in [3.63, 3.8) is 0 Å². The number of nitrogens with zero attached hydrogens (tertiary/aromatic N) is 2. The molecule has 0 unspecified atom stereocenters. The summed E-state index contributed by atoms with van der Waals surface area (Å²) in [4.78, 5) is 4.59. The number of fused-ring (bicyclic) bond motifs is 7. The standard InChI is InChI=1S/C54H46N2O2/c1-53(2,3)37-17-21-41(22-18-37)55(39-13-9-7-10-14-39)43-25-27-45-47-29-35-30-48-46-28-26-44(34-52(46)58-50(48)32-36(35)31-49(47)57-51(45)33-43)56(40-15-11-8-12-16-40)42-23-19-38(20-24-42)54(4,5)6/h7-34H,1-6H3. The Bertz CT molecular complexity index is 2900. The average molecular weight is 755 g/mol. The molecule has 2 aromatic heterocycles. The fourth-order valence-corrected chi connectivity index (χ4v) is 8.32. The first-order chi connectivity index (χ1) is 28.0. The van der Waals surface area contributed by atoms with Crippen LogP contribution in [0.1, 0.15) is 52.7 Å². The molecule has 0 saturated heterocycles. The zero-order valence-electron chi connectivity index (χ0n) is 33.9. The first kappa shape index (κ1) is 35.6. The molecular formula is C54H46N2O2. The minimum Gasteiger partial charge on any atom is -0.456 e. The van der Waals surface area contributed by atoms with Gasteiger partial charge in [-0.2, -0.15) is 0 Å². The lowest BCUT2D eigenvalue weighted by Gasteiger charge is -2.26. The molecule has 0 atom stereocenters. The van der Waals surface area contributed by atoms with Gasteiger partial charge in [0, 0.05) is 67.8 Å². The molecule has 58 heavy (non-hydrogen) atoms.